The van der Waals surface area contributed by atoms with Crippen molar-refractivity contribution < 1.29 is 14.3 Å². The van der Waals surface area contributed by atoms with E-state index >= 15 is 0 Å². The number of nitrogens with zero attached hydrogens (tertiary/aromatic N) is 4. The van der Waals surface area contributed by atoms with Gasteiger partial charge in [0.25, 0.3) is 0 Å². The van der Waals surface area contributed by atoms with Crippen LogP contribution in [0.25, 0.3) is 11.2 Å². The summed E-state index contributed by atoms with van der Waals surface area (Å²) < 4.78 is 12.8. The number of ether oxygens (including phenoxy) is 2. The topological polar surface area (TPSA) is 117 Å². The molecule has 0 spiro atoms. The Kier molecular flexibility index (Phi) is 4.42. The third-order valence-electron chi connectivity index (χ3n) is 4.92. The average molecular weight is 412 g/mol. The molecule has 1 atom stereocenters. The largest absolute Gasteiger partial charge is 0.454 e. The lowest BCUT2D eigenvalue weighted by molar-refractivity contribution is -0.121. The zero-order valence-electron chi connectivity index (χ0n) is 15.6. The van der Waals surface area contributed by atoms with Gasteiger partial charge in [0.1, 0.15) is 6.33 Å². The highest BCUT2D eigenvalue weighted by Crippen LogP contribution is 2.38. The summed E-state index contributed by atoms with van der Waals surface area (Å²) in [6, 6.07) is 0.334. The lowest BCUT2D eigenvalue weighted by Gasteiger charge is -2.18. The van der Waals surface area contributed by atoms with Crippen molar-refractivity contribution >= 4 is 34.7 Å². The average Bonchev–Trinajstić information content (AvgIpc) is 3.26. The zero-order chi connectivity index (χ0) is 20.0. The first-order chi connectivity index (χ1) is 14.1. The maximum absolute atomic E-state index is 12.2. The Morgan fingerprint density at radius 3 is 3.00 bits per heavy atom. The summed E-state index contributed by atoms with van der Waals surface area (Å²) >= 11 is 1.50. The number of aromatic nitrogens is 4. The van der Waals surface area contributed by atoms with E-state index in [4.69, 9.17) is 15.2 Å². The number of fused-ring (bicyclic) bond motifs is 2. The van der Waals surface area contributed by atoms with Crippen molar-refractivity contribution in [1.82, 2.24) is 24.8 Å². The molecule has 29 heavy (non-hydrogen) atoms. The van der Waals surface area contributed by atoms with Crippen molar-refractivity contribution in [2.24, 2.45) is 0 Å². The number of allylic oxidation sites excluding steroid dienone is 1. The van der Waals surface area contributed by atoms with E-state index in [0.29, 0.717) is 52.7 Å². The number of carbonyl (C=O) groups is 1. The number of nitrogens with two attached hydrogens (primary N) is 1. The van der Waals surface area contributed by atoms with Gasteiger partial charge in [-0.1, -0.05) is 18.3 Å². The number of nitrogen functional groups attached to an aromatic ring is 1. The number of amides is 1. The second-order valence-electron chi connectivity index (χ2n) is 7.13. The van der Waals surface area contributed by atoms with E-state index in [1.54, 1.807) is 0 Å². The number of nitrogens with one attached hydrogen (secondary N) is 1. The quantitative estimate of drug-likeness (QED) is 0.739. The van der Waals surface area contributed by atoms with E-state index in [1.807, 2.05) is 16.7 Å². The van der Waals surface area contributed by atoms with Crippen LogP contribution in [-0.4, -0.2) is 43.5 Å². The molecule has 5 rings (SSSR count). The summed E-state index contributed by atoms with van der Waals surface area (Å²) in [4.78, 5) is 25.2. The molecule has 3 aliphatic rings. The number of anilines is 1. The normalized spacial score (nSPS) is 20.6. The summed E-state index contributed by atoms with van der Waals surface area (Å²) in [7, 11) is 0. The molecule has 2 aromatic heterocycles. The lowest BCUT2D eigenvalue weighted by Crippen LogP contribution is -2.26. The summed E-state index contributed by atoms with van der Waals surface area (Å²) in [5.41, 5.74) is 8.03. The maximum atomic E-state index is 12.2. The third-order valence-corrected chi connectivity index (χ3v) is 6.13. The zero-order valence-corrected chi connectivity index (χ0v) is 16.4. The minimum atomic E-state index is -0.0829. The van der Waals surface area contributed by atoms with E-state index in [1.165, 1.54) is 18.1 Å². The van der Waals surface area contributed by atoms with Crippen molar-refractivity contribution in [2.45, 2.75) is 42.3 Å². The van der Waals surface area contributed by atoms with Gasteiger partial charge in [-0.2, -0.15) is 0 Å². The molecule has 3 N–H and O–H groups in total. The predicted octanol–water partition coefficient (Wildman–Crippen LogP) is 1.88. The fourth-order valence-corrected chi connectivity index (χ4v) is 4.31. The van der Waals surface area contributed by atoms with E-state index < -0.39 is 0 Å². The van der Waals surface area contributed by atoms with Crippen LogP contribution >= 0.6 is 11.8 Å². The minimum absolute atomic E-state index is 0.0283. The highest BCUT2D eigenvalue weighted by Gasteiger charge is 2.28. The second kappa shape index (κ2) is 7.11. The summed E-state index contributed by atoms with van der Waals surface area (Å²) in [6.45, 7) is 4.80. The number of aryl methyl sites for hydroxylation is 1. The first-order valence-electron chi connectivity index (χ1n) is 9.39. The van der Waals surface area contributed by atoms with Crippen molar-refractivity contribution in [2.75, 3.05) is 12.5 Å². The number of rotatable bonds is 6. The number of imidazole rings is 1. The van der Waals surface area contributed by atoms with Crippen LogP contribution in [0.15, 0.2) is 47.3 Å². The molecule has 0 aromatic carbocycles. The van der Waals surface area contributed by atoms with Crippen molar-refractivity contribution in [1.29, 1.82) is 0 Å². The highest BCUT2D eigenvalue weighted by atomic mass is 32.2. The van der Waals surface area contributed by atoms with Crippen LogP contribution in [0.5, 0.6) is 0 Å². The van der Waals surface area contributed by atoms with Crippen LogP contribution in [0.2, 0.25) is 0 Å². The maximum Gasteiger partial charge on any atom is 0.231 e. The molecule has 2 aliphatic carbocycles. The van der Waals surface area contributed by atoms with Crippen molar-refractivity contribution in [3.63, 3.8) is 0 Å². The predicted molar refractivity (Wildman–Crippen MR) is 108 cm³/mol. The molecule has 1 saturated carbocycles. The number of hydrogen-bond donors (Lipinski definition) is 2. The number of hydrogen-bond acceptors (Lipinski definition) is 8. The van der Waals surface area contributed by atoms with E-state index in [9.17, 15) is 4.79 Å². The molecule has 0 radical (unpaired) electrons. The van der Waals surface area contributed by atoms with Gasteiger partial charge >= 0.3 is 0 Å². The van der Waals surface area contributed by atoms with Gasteiger partial charge < -0.3 is 25.1 Å². The Bertz CT molecular complexity index is 1070. The Morgan fingerprint density at radius 2 is 2.17 bits per heavy atom. The van der Waals surface area contributed by atoms with Crippen molar-refractivity contribution in [3.05, 3.63) is 42.1 Å². The van der Waals surface area contributed by atoms with Gasteiger partial charge in [-0.25, -0.2) is 15.0 Å². The minimum Gasteiger partial charge on any atom is -0.454 e. The van der Waals surface area contributed by atoms with Gasteiger partial charge in [-0.05, 0) is 30.6 Å². The Morgan fingerprint density at radius 1 is 1.34 bits per heavy atom. The Balaban J connectivity index is 1.43. The van der Waals surface area contributed by atoms with Crippen LogP contribution < -0.4 is 11.1 Å². The number of carbonyl (C=O) groups excluding carboxylic acids is 1. The molecule has 10 heteroatoms. The van der Waals surface area contributed by atoms with Crippen LogP contribution in [-0.2, 0) is 20.8 Å². The first kappa shape index (κ1) is 18.0. The van der Waals surface area contributed by atoms with Crippen LogP contribution in [0.4, 0.5) is 5.82 Å². The molecule has 3 heterocycles. The molecule has 0 bridgehead atoms. The molecule has 2 fully saturated rings. The van der Waals surface area contributed by atoms with Crippen LogP contribution in [0.3, 0.4) is 0 Å². The SMILES string of the molecule is C=C1C=C2OCOC2=CC1Sc1nc2c(N)ncnc2n1CCC(=O)NC1CC1. The molecule has 150 valence electrons. The lowest BCUT2D eigenvalue weighted by atomic mass is 10.1. The fourth-order valence-electron chi connectivity index (χ4n) is 3.23. The van der Waals surface area contributed by atoms with Gasteiger partial charge in [0.15, 0.2) is 33.7 Å². The van der Waals surface area contributed by atoms with E-state index in [0.717, 1.165) is 18.4 Å². The van der Waals surface area contributed by atoms with Gasteiger partial charge in [0.2, 0.25) is 12.7 Å². The second-order valence-corrected chi connectivity index (χ2v) is 8.24. The third kappa shape index (κ3) is 3.55. The standard InChI is InChI=1S/C19H20N6O3S/c1-10-6-12-13(28-9-27-12)7-14(10)29-19-24-16-17(20)21-8-22-18(16)25(19)5-4-15(26)23-11-2-3-11/h6-8,11,14H,1-5,9H2,(H,23,26)(H2,20,21,22). The van der Waals surface area contributed by atoms with Crippen molar-refractivity contribution in [3.8, 4) is 0 Å². The van der Waals surface area contributed by atoms with Gasteiger partial charge in [0, 0.05) is 19.0 Å². The van der Waals surface area contributed by atoms with Crippen LogP contribution in [0, 0.1) is 0 Å². The first-order valence-corrected chi connectivity index (χ1v) is 10.3. The van der Waals surface area contributed by atoms with E-state index in [2.05, 4.69) is 26.8 Å². The molecule has 2 aromatic rings. The summed E-state index contributed by atoms with van der Waals surface area (Å²) in [5.74, 6) is 1.75. The summed E-state index contributed by atoms with van der Waals surface area (Å²) in [5, 5.41) is 3.63. The molecule has 1 unspecified atom stereocenters. The molecular weight excluding hydrogens is 392 g/mol. The molecule has 1 amide bonds. The molecule has 1 saturated heterocycles. The smallest absolute Gasteiger partial charge is 0.231 e. The van der Waals surface area contributed by atoms with Gasteiger partial charge in [0.05, 0.1) is 5.25 Å². The Labute approximate surface area is 171 Å². The Hall–Kier alpha value is -3.01. The molecule has 1 aliphatic heterocycles. The summed E-state index contributed by atoms with van der Waals surface area (Å²) in [6.07, 6.45) is 7.72. The van der Waals surface area contributed by atoms with E-state index in [-0.39, 0.29) is 18.0 Å². The fraction of sp³-hybridized carbons (Fsp3) is 0.368. The molecule has 9 nitrogen and oxygen atoms in total. The highest BCUT2D eigenvalue weighted by molar-refractivity contribution is 8.00. The molecular formula is C19H20N6O3S. The monoisotopic (exact) mass is 412 g/mol. The van der Waals surface area contributed by atoms with Crippen LogP contribution in [0.1, 0.15) is 19.3 Å². The van der Waals surface area contributed by atoms with Gasteiger partial charge in [-0.15, -0.1) is 0 Å². The number of thioether (sulfide) groups is 1. The van der Waals surface area contributed by atoms with Gasteiger partial charge in [-0.3, -0.25) is 4.79 Å².